The molecule has 0 fully saturated rings. The monoisotopic (exact) mass is 270 g/mol. The van der Waals surface area contributed by atoms with Crippen LogP contribution in [0.3, 0.4) is 0 Å². The summed E-state index contributed by atoms with van der Waals surface area (Å²) in [5, 5.41) is 1.63. The lowest BCUT2D eigenvalue weighted by Gasteiger charge is -2.16. The number of rotatable bonds is 3. The third kappa shape index (κ3) is 3.09. The van der Waals surface area contributed by atoms with Crippen LogP contribution in [0.4, 0.5) is 0 Å². The molecule has 0 aromatic heterocycles. The molecule has 1 aromatic carbocycles. The van der Waals surface area contributed by atoms with E-state index in [2.05, 4.69) is 64.7 Å². The van der Waals surface area contributed by atoms with Gasteiger partial charge in [0.1, 0.15) is 0 Å². The second-order valence-corrected chi connectivity index (χ2v) is 12.0. The van der Waals surface area contributed by atoms with Gasteiger partial charge >= 0.3 is 0 Å². The smallest absolute Gasteiger partial charge is 0.0771 e. The fourth-order valence-electron chi connectivity index (χ4n) is 2.73. The van der Waals surface area contributed by atoms with Gasteiger partial charge < -0.3 is 0 Å². The molecule has 0 bridgehead atoms. The van der Waals surface area contributed by atoms with Gasteiger partial charge in [-0.15, -0.1) is 0 Å². The van der Waals surface area contributed by atoms with Gasteiger partial charge in [0.05, 0.1) is 8.07 Å². The Balaban J connectivity index is 2.24. The molecule has 0 amide bonds. The molecular formula is C18H26Si. The van der Waals surface area contributed by atoms with Crippen LogP contribution in [-0.4, -0.2) is 8.07 Å². The number of allylic oxidation sites excluding steroid dienone is 4. The zero-order valence-electron chi connectivity index (χ0n) is 13.2. The molecule has 0 saturated carbocycles. The standard InChI is InChI=1S/C18H26Si/c1-13-7-8-14(2)18(15(13)3)12-16-9-10-17(11-16)19(4,5)6/h7-8,10-11H,9,12H2,1-6H3. The molecule has 0 aliphatic heterocycles. The molecular weight excluding hydrogens is 244 g/mol. The molecule has 0 radical (unpaired) electrons. The summed E-state index contributed by atoms with van der Waals surface area (Å²) in [6.45, 7) is 14.0. The molecule has 19 heavy (non-hydrogen) atoms. The summed E-state index contributed by atoms with van der Waals surface area (Å²) in [7, 11) is -1.14. The molecule has 1 heteroatoms. The van der Waals surface area contributed by atoms with E-state index in [9.17, 15) is 0 Å². The van der Waals surface area contributed by atoms with E-state index in [4.69, 9.17) is 0 Å². The molecule has 1 aliphatic rings. The van der Waals surface area contributed by atoms with Crippen LogP contribution in [0.2, 0.25) is 19.6 Å². The Labute approximate surface area is 119 Å². The maximum Gasteiger partial charge on any atom is 0.0771 e. The zero-order valence-corrected chi connectivity index (χ0v) is 14.2. The van der Waals surface area contributed by atoms with Gasteiger partial charge in [0, 0.05) is 0 Å². The second-order valence-electron chi connectivity index (χ2n) is 6.90. The topological polar surface area (TPSA) is 0 Å². The van der Waals surface area contributed by atoms with Crippen molar-refractivity contribution in [2.24, 2.45) is 0 Å². The normalized spacial score (nSPS) is 15.5. The lowest BCUT2D eigenvalue weighted by molar-refractivity contribution is 1.04. The van der Waals surface area contributed by atoms with Gasteiger partial charge in [-0.05, 0) is 55.9 Å². The predicted molar refractivity (Wildman–Crippen MR) is 88.5 cm³/mol. The van der Waals surface area contributed by atoms with E-state index < -0.39 is 8.07 Å². The molecule has 0 N–H and O–H groups in total. The molecule has 0 saturated heterocycles. The maximum absolute atomic E-state index is 2.48. The van der Waals surface area contributed by atoms with Crippen LogP contribution in [0, 0.1) is 20.8 Å². The summed E-state index contributed by atoms with van der Waals surface area (Å²) < 4.78 is 0. The van der Waals surface area contributed by atoms with Crippen LogP contribution in [0.5, 0.6) is 0 Å². The van der Waals surface area contributed by atoms with E-state index >= 15 is 0 Å². The highest BCUT2D eigenvalue weighted by Crippen LogP contribution is 2.29. The largest absolute Gasteiger partial charge is 0.0812 e. The van der Waals surface area contributed by atoms with Crippen LogP contribution in [0.25, 0.3) is 0 Å². The quantitative estimate of drug-likeness (QED) is 0.655. The van der Waals surface area contributed by atoms with E-state index in [1.54, 1.807) is 10.8 Å². The van der Waals surface area contributed by atoms with E-state index in [0.29, 0.717) is 0 Å². The Hall–Kier alpha value is -1.08. The Kier molecular flexibility index (Phi) is 3.87. The zero-order chi connectivity index (χ0) is 14.2. The first-order valence-electron chi connectivity index (χ1n) is 7.25. The van der Waals surface area contributed by atoms with Crippen LogP contribution in [0.15, 0.2) is 35.1 Å². The van der Waals surface area contributed by atoms with Crippen LogP contribution in [0.1, 0.15) is 28.7 Å². The van der Waals surface area contributed by atoms with E-state index in [0.717, 1.165) is 12.8 Å². The SMILES string of the molecule is Cc1ccc(C)c(CC2=CC([Si](C)(C)C)=CC2)c1C. The minimum Gasteiger partial charge on any atom is -0.0812 e. The van der Waals surface area contributed by atoms with Crippen LogP contribution in [-0.2, 0) is 6.42 Å². The van der Waals surface area contributed by atoms with E-state index in [1.165, 1.54) is 22.3 Å². The van der Waals surface area contributed by atoms with Crippen LogP contribution < -0.4 is 0 Å². The third-order valence-corrected chi connectivity index (χ3v) is 6.40. The fourth-order valence-corrected chi connectivity index (χ4v) is 4.08. The molecule has 2 rings (SSSR count). The summed E-state index contributed by atoms with van der Waals surface area (Å²) in [5.41, 5.74) is 7.45. The Morgan fingerprint density at radius 3 is 2.21 bits per heavy atom. The summed E-state index contributed by atoms with van der Waals surface area (Å²) in [5.74, 6) is 0. The van der Waals surface area contributed by atoms with Gasteiger partial charge in [-0.3, -0.25) is 0 Å². The molecule has 1 aromatic rings. The molecule has 0 spiro atoms. The van der Waals surface area contributed by atoms with Crippen molar-refractivity contribution in [2.45, 2.75) is 53.3 Å². The van der Waals surface area contributed by atoms with Crippen molar-refractivity contribution in [1.82, 2.24) is 0 Å². The first-order valence-corrected chi connectivity index (χ1v) is 10.7. The molecule has 1 aliphatic carbocycles. The van der Waals surface area contributed by atoms with Crippen molar-refractivity contribution in [3.05, 3.63) is 57.3 Å². The van der Waals surface area contributed by atoms with Gasteiger partial charge in [-0.1, -0.05) is 54.7 Å². The van der Waals surface area contributed by atoms with Crippen LogP contribution >= 0.6 is 0 Å². The van der Waals surface area contributed by atoms with Crippen molar-refractivity contribution in [1.29, 1.82) is 0 Å². The predicted octanol–water partition coefficient (Wildman–Crippen LogP) is 5.29. The van der Waals surface area contributed by atoms with Gasteiger partial charge in [-0.2, -0.15) is 0 Å². The average Bonchev–Trinajstić information content (AvgIpc) is 2.78. The van der Waals surface area contributed by atoms with Crippen molar-refractivity contribution in [2.75, 3.05) is 0 Å². The van der Waals surface area contributed by atoms with E-state index in [-0.39, 0.29) is 0 Å². The summed E-state index contributed by atoms with van der Waals surface area (Å²) in [6, 6.07) is 4.50. The molecule has 0 heterocycles. The molecule has 0 unspecified atom stereocenters. The van der Waals surface area contributed by atoms with Crippen molar-refractivity contribution in [3.63, 3.8) is 0 Å². The number of aryl methyl sites for hydroxylation is 2. The minimum atomic E-state index is -1.14. The second kappa shape index (κ2) is 5.13. The number of benzene rings is 1. The van der Waals surface area contributed by atoms with E-state index in [1.807, 2.05) is 0 Å². The third-order valence-electron chi connectivity index (χ3n) is 4.32. The Bertz CT molecular complexity index is 554. The Morgan fingerprint density at radius 2 is 1.63 bits per heavy atom. The van der Waals surface area contributed by atoms with Gasteiger partial charge in [-0.25, -0.2) is 0 Å². The highest BCUT2D eigenvalue weighted by molar-refractivity contribution is 6.83. The van der Waals surface area contributed by atoms with Gasteiger partial charge in [0.2, 0.25) is 0 Å². The summed E-state index contributed by atoms with van der Waals surface area (Å²) in [4.78, 5) is 0. The minimum absolute atomic E-state index is 1.13. The first kappa shape index (κ1) is 14.3. The maximum atomic E-state index is 2.48. The first-order chi connectivity index (χ1) is 8.79. The molecule has 102 valence electrons. The number of hydrogen-bond donors (Lipinski definition) is 0. The summed E-state index contributed by atoms with van der Waals surface area (Å²) >= 11 is 0. The van der Waals surface area contributed by atoms with Gasteiger partial charge in [0.25, 0.3) is 0 Å². The van der Waals surface area contributed by atoms with Crippen molar-refractivity contribution in [3.8, 4) is 0 Å². The lowest BCUT2D eigenvalue weighted by Crippen LogP contribution is -2.21. The number of hydrogen-bond acceptors (Lipinski definition) is 0. The fraction of sp³-hybridized carbons (Fsp3) is 0.444. The Morgan fingerprint density at radius 1 is 1.00 bits per heavy atom. The molecule has 0 atom stereocenters. The molecule has 0 nitrogen and oxygen atoms in total. The van der Waals surface area contributed by atoms with Gasteiger partial charge in [0.15, 0.2) is 0 Å². The highest BCUT2D eigenvalue weighted by Gasteiger charge is 2.21. The summed E-state index contributed by atoms with van der Waals surface area (Å²) in [6.07, 6.45) is 7.23. The average molecular weight is 270 g/mol. The lowest BCUT2D eigenvalue weighted by atomic mass is 9.93. The van der Waals surface area contributed by atoms with Crippen molar-refractivity contribution >= 4 is 8.07 Å². The van der Waals surface area contributed by atoms with Crippen molar-refractivity contribution < 1.29 is 0 Å². The highest BCUT2D eigenvalue weighted by atomic mass is 28.3.